The van der Waals surface area contributed by atoms with Gasteiger partial charge in [-0.2, -0.15) is 10.4 Å². The lowest BCUT2D eigenvalue weighted by Gasteiger charge is -2.01. The van der Waals surface area contributed by atoms with Gasteiger partial charge in [0.25, 0.3) is 5.91 Å². The fourth-order valence-electron chi connectivity index (χ4n) is 1.11. The summed E-state index contributed by atoms with van der Waals surface area (Å²) < 4.78 is 5.29. The van der Waals surface area contributed by atoms with Crippen molar-refractivity contribution in [2.75, 3.05) is 6.61 Å². The van der Waals surface area contributed by atoms with E-state index in [1.54, 1.807) is 6.07 Å². The van der Waals surface area contributed by atoms with Crippen molar-refractivity contribution in [3.8, 4) is 11.8 Å². The number of ether oxygens (including phenoxy) is 1. The minimum atomic E-state index is -0.422. The van der Waals surface area contributed by atoms with Gasteiger partial charge in [0, 0.05) is 0 Å². The van der Waals surface area contributed by atoms with Gasteiger partial charge in [-0.1, -0.05) is 0 Å². The molecule has 17 heavy (non-hydrogen) atoms. The predicted molar refractivity (Wildman–Crippen MR) is 63.6 cm³/mol. The van der Waals surface area contributed by atoms with Crippen LogP contribution < -0.4 is 10.2 Å². The molecule has 88 valence electrons. The molecule has 1 aromatic rings. The van der Waals surface area contributed by atoms with Gasteiger partial charge in [-0.15, -0.1) is 0 Å². The van der Waals surface area contributed by atoms with Crippen LogP contribution in [0, 0.1) is 11.3 Å². The highest BCUT2D eigenvalue weighted by atomic mass is 16.5. The maximum atomic E-state index is 10.9. The SMILES string of the molecule is CCOc1ccc(C=NNC(=O)CC#N)cc1. The Balaban J connectivity index is 2.49. The number of nitriles is 1. The molecule has 0 fully saturated rings. The van der Waals surface area contributed by atoms with Crippen LogP contribution in [0.1, 0.15) is 18.9 Å². The monoisotopic (exact) mass is 231 g/mol. The molecule has 0 radical (unpaired) electrons. The molecule has 5 nitrogen and oxygen atoms in total. The largest absolute Gasteiger partial charge is 0.494 e. The highest BCUT2D eigenvalue weighted by Gasteiger charge is 1.96. The fourth-order valence-corrected chi connectivity index (χ4v) is 1.11. The molecule has 0 atom stereocenters. The standard InChI is InChI=1S/C12H13N3O2/c1-2-17-11-5-3-10(4-6-11)9-14-15-12(16)7-8-13/h3-6,9H,2,7H2,1H3,(H,15,16). The Morgan fingerprint density at radius 3 is 2.82 bits per heavy atom. The molecule has 0 aromatic heterocycles. The lowest BCUT2D eigenvalue weighted by Crippen LogP contribution is -2.16. The third-order valence-electron chi connectivity index (χ3n) is 1.83. The summed E-state index contributed by atoms with van der Waals surface area (Å²) in [7, 11) is 0. The summed E-state index contributed by atoms with van der Waals surface area (Å²) in [4.78, 5) is 10.9. The van der Waals surface area contributed by atoms with Crippen molar-refractivity contribution in [3.63, 3.8) is 0 Å². The van der Waals surface area contributed by atoms with Gasteiger partial charge in [0.2, 0.25) is 0 Å². The van der Waals surface area contributed by atoms with Crippen molar-refractivity contribution < 1.29 is 9.53 Å². The number of hydrogen-bond acceptors (Lipinski definition) is 4. The molecule has 0 heterocycles. The highest BCUT2D eigenvalue weighted by molar-refractivity contribution is 5.83. The van der Waals surface area contributed by atoms with E-state index in [1.165, 1.54) is 6.21 Å². The predicted octanol–water partition coefficient (Wildman–Crippen LogP) is 1.45. The van der Waals surface area contributed by atoms with Crippen LogP contribution in [0.5, 0.6) is 5.75 Å². The van der Waals surface area contributed by atoms with Gasteiger partial charge < -0.3 is 4.74 Å². The number of hydrazone groups is 1. The van der Waals surface area contributed by atoms with Crippen molar-refractivity contribution in [1.29, 1.82) is 5.26 Å². The quantitative estimate of drug-likeness (QED) is 0.615. The van der Waals surface area contributed by atoms with Crippen molar-refractivity contribution in [2.45, 2.75) is 13.3 Å². The maximum Gasteiger partial charge on any atom is 0.254 e. The average Bonchev–Trinajstić information content (AvgIpc) is 2.32. The topological polar surface area (TPSA) is 74.5 Å². The van der Waals surface area contributed by atoms with Crippen molar-refractivity contribution >= 4 is 12.1 Å². The Morgan fingerprint density at radius 2 is 2.24 bits per heavy atom. The van der Waals surface area contributed by atoms with Crippen LogP contribution in [0.3, 0.4) is 0 Å². The zero-order valence-electron chi connectivity index (χ0n) is 9.51. The second-order valence-electron chi connectivity index (χ2n) is 3.13. The second-order valence-corrected chi connectivity index (χ2v) is 3.13. The van der Waals surface area contributed by atoms with Crippen LogP contribution in [-0.4, -0.2) is 18.7 Å². The van der Waals surface area contributed by atoms with E-state index in [-0.39, 0.29) is 6.42 Å². The lowest BCUT2D eigenvalue weighted by molar-refractivity contribution is -0.120. The molecule has 0 unspecified atom stereocenters. The minimum absolute atomic E-state index is 0.194. The molecule has 1 aromatic carbocycles. The molecule has 0 spiro atoms. The van der Waals surface area contributed by atoms with E-state index in [2.05, 4.69) is 10.5 Å². The van der Waals surface area contributed by atoms with Gasteiger partial charge in [-0.05, 0) is 36.8 Å². The van der Waals surface area contributed by atoms with E-state index in [1.807, 2.05) is 31.2 Å². The number of carbonyl (C=O) groups is 1. The number of nitrogens with one attached hydrogen (secondary N) is 1. The number of benzene rings is 1. The second kappa shape index (κ2) is 7.01. The molecular formula is C12H13N3O2. The number of hydrogen-bond donors (Lipinski definition) is 1. The number of carbonyl (C=O) groups excluding carboxylic acids is 1. The maximum absolute atomic E-state index is 10.9. The third kappa shape index (κ3) is 4.80. The molecule has 1 N–H and O–H groups in total. The molecule has 1 rings (SSSR count). The van der Waals surface area contributed by atoms with Crippen LogP contribution in [0.4, 0.5) is 0 Å². The summed E-state index contributed by atoms with van der Waals surface area (Å²) in [6.45, 7) is 2.54. The zero-order chi connectivity index (χ0) is 12.5. The van der Waals surface area contributed by atoms with E-state index in [4.69, 9.17) is 10.00 Å². The Morgan fingerprint density at radius 1 is 1.53 bits per heavy atom. The number of nitrogens with zero attached hydrogens (tertiary/aromatic N) is 2. The fraction of sp³-hybridized carbons (Fsp3) is 0.250. The zero-order valence-corrected chi connectivity index (χ0v) is 9.51. The summed E-state index contributed by atoms with van der Waals surface area (Å²) in [6, 6.07) is 9.03. The molecule has 0 bridgehead atoms. The van der Waals surface area contributed by atoms with Gasteiger partial charge >= 0.3 is 0 Å². The lowest BCUT2D eigenvalue weighted by atomic mass is 10.2. The Kier molecular flexibility index (Phi) is 5.25. The first kappa shape index (κ1) is 12.7. The summed E-state index contributed by atoms with van der Waals surface area (Å²) in [6.07, 6.45) is 1.31. The van der Waals surface area contributed by atoms with Gasteiger partial charge in [0.15, 0.2) is 0 Å². The number of amides is 1. The normalized spacial score (nSPS) is 9.88. The molecule has 1 amide bonds. The molecule has 0 saturated carbocycles. The summed E-state index contributed by atoms with van der Waals surface area (Å²) in [5, 5.41) is 12.0. The van der Waals surface area contributed by atoms with Crippen molar-refractivity contribution in [3.05, 3.63) is 29.8 Å². The van der Waals surface area contributed by atoms with Gasteiger partial charge in [-0.25, -0.2) is 5.43 Å². The molecule has 0 aliphatic heterocycles. The van der Waals surface area contributed by atoms with Crippen molar-refractivity contribution in [2.24, 2.45) is 5.10 Å². The Hall–Kier alpha value is -2.35. The van der Waals surface area contributed by atoms with Gasteiger partial charge in [0.1, 0.15) is 12.2 Å². The molecule has 5 heteroatoms. The summed E-state index contributed by atoms with van der Waals surface area (Å²) >= 11 is 0. The van der Waals surface area contributed by atoms with Gasteiger partial charge in [0.05, 0.1) is 18.9 Å². The van der Waals surface area contributed by atoms with Crippen LogP contribution in [0.15, 0.2) is 29.4 Å². The highest BCUT2D eigenvalue weighted by Crippen LogP contribution is 2.10. The third-order valence-corrected chi connectivity index (χ3v) is 1.83. The smallest absolute Gasteiger partial charge is 0.254 e. The van der Waals surface area contributed by atoms with Crippen LogP contribution in [0.2, 0.25) is 0 Å². The first-order valence-electron chi connectivity index (χ1n) is 5.18. The molecule has 0 aliphatic carbocycles. The van der Waals surface area contributed by atoms with E-state index in [9.17, 15) is 4.79 Å². The number of rotatable bonds is 5. The molecule has 0 aliphatic rings. The first-order valence-corrected chi connectivity index (χ1v) is 5.18. The van der Waals surface area contributed by atoms with E-state index < -0.39 is 5.91 Å². The van der Waals surface area contributed by atoms with Crippen LogP contribution in [0.25, 0.3) is 0 Å². The van der Waals surface area contributed by atoms with Crippen LogP contribution in [-0.2, 0) is 4.79 Å². The summed E-state index contributed by atoms with van der Waals surface area (Å²) in [5.41, 5.74) is 3.09. The minimum Gasteiger partial charge on any atom is -0.494 e. The first-order chi connectivity index (χ1) is 8.26. The van der Waals surface area contributed by atoms with Crippen molar-refractivity contribution in [1.82, 2.24) is 5.43 Å². The average molecular weight is 231 g/mol. The van der Waals surface area contributed by atoms with Gasteiger partial charge in [-0.3, -0.25) is 4.79 Å². The van der Waals surface area contributed by atoms with Crippen LogP contribution >= 0.6 is 0 Å². The van der Waals surface area contributed by atoms with E-state index in [0.717, 1.165) is 11.3 Å². The molecule has 0 saturated heterocycles. The molecular weight excluding hydrogens is 218 g/mol. The Bertz CT molecular complexity index is 432. The van der Waals surface area contributed by atoms with E-state index in [0.29, 0.717) is 6.61 Å². The van der Waals surface area contributed by atoms with E-state index >= 15 is 0 Å². The summed E-state index contributed by atoms with van der Waals surface area (Å²) in [5.74, 6) is 0.368. The Labute approximate surface area is 99.7 Å².